The summed E-state index contributed by atoms with van der Waals surface area (Å²) in [5.74, 6) is 0. The molecule has 0 saturated heterocycles. The summed E-state index contributed by atoms with van der Waals surface area (Å²) in [4.78, 5) is 4.09. The van der Waals surface area contributed by atoms with Crippen LogP contribution >= 0.6 is 27.3 Å². The van der Waals surface area contributed by atoms with Gasteiger partial charge in [-0.05, 0) is 29.8 Å². The number of hydrogen-bond acceptors (Lipinski definition) is 5. The molecule has 9 heteroatoms. The van der Waals surface area contributed by atoms with Crippen molar-refractivity contribution < 1.29 is 8.42 Å². The molecule has 2 aromatic rings. The second-order valence-electron chi connectivity index (χ2n) is 3.34. The predicted molar refractivity (Wildman–Crippen MR) is 68.7 cm³/mol. The molecule has 0 radical (unpaired) electrons. The largest absolute Gasteiger partial charge is 0.281 e. The van der Waals surface area contributed by atoms with E-state index in [1.165, 1.54) is 17.5 Å². The molecule has 2 aromatic heterocycles. The summed E-state index contributed by atoms with van der Waals surface area (Å²) in [5.41, 5.74) is 0.941. The minimum atomic E-state index is -3.63. The molecule has 2 N–H and O–H groups in total. The molecule has 0 aliphatic rings. The van der Waals surface area contributed by atoms with E-state index < -0.39 is 10.0 Å². The van der Waals surface area contributed by atoms with Gasteiger partial charge >= 0.3 is 0 Å². The third-order valence-corrected chi connectivity index (χ3v) is 5.15. The summed E-state index contributed by atoms with van der Waals surface area (Å²) in [6.45, 7) is 3.29. The number of aromatic nitrogens is 3. The lowest BCUT2D eigenvalue weighted by molar-refractivity contribution is 0.600. The smallest absolute Gasteiger partial charge is 0.267 e. The van der Waals surface area contributed by atoms with E-state index in [0.29, 0.717) is 16.5 Å². The normalized spacial score (nSPS) is 11.7. The highest BCUT2D eigenvalue weighted by Crippen LogP contribution is 2.26. The summed E-state index contributed by atoms with van der Waals surface area (Å²) in [6, 6.07) is 0. The van der Waals surface area contributed by atoms with Gasteiger partial charge in [0.25, 0.3) is 10.0 Å². The fraction of sp³-hybridized carbons (Fsp3) is 0.250. The Morgan fingerprint density at radius 1 is 1.47 bits per heavy atom. The van der Waals surface area contributed by atoms with Crippen molar-refractivity contribution in [2.45, 2.75) is 18.7 Å². The lowest BCUT2D eigenvalue weighted by atomic mass is 10.4. The number of nitrogens with zero attached hydrogens (tertiary/aromatic N) is 2. The Balaban J connectivity index is 2.38. The van der Waals surface area contributed by atoms with Gasteiger partial charge in [-0.3, -0.25) is 9.82 Å². The third-order valence-electron chi connectivity index (χ3n) is 2.03. The number of hydrogen-bond donors (Lipinski definition) is 2. The van der Waals surface area contributed by atoms with Gasteiger partial charge in [-0.15, -0.1) is 0 Å². The van der Waals surface area contributed by atoms with Crippen LogP contribution in [0.3, 0.4) is 0 Å². The zero-order valence-electron chi connectivity index (χ0n) is 8.98. The summed E-state index contributed by atoms with van der Waals surface area (Å²) in [6.07, 6.45) is 1.54. The molecule has 17 heavy (non-hydrogen) atoms. The Morgan fingerprint density at radius 3 is 2.65 bits per heavy atom. The zero-order valence-corrected chi connectivity index (χ0v) is 12.2. The molecule has 0 unspecified atom stereocenters. The Kier molecular flexibility index (Phi) is 3.23. The van der Waals surface area contributed by atoms with Crippen molar-refractivity contribution in [2.24, 2.45) is 0 Å². The van der Waals surface area contributed by atoms with Gasteiger partial charge in [-0.2, -0.15) is 5.10 Å². The van der Waals surface area contributed by atoms with Crippen LogP contribution in [0, 0.1) is 13.8 Å². The van der Waals surface area contributed by atoms with Gasteiger partial charge in [0.1, 0.15) is 4.90 Å². The summed E-state index contributed by atoms with van der Waals surface area (Å²) in [5, 5.41) is 6.81. The van der Waals surface area contributed by atoms with E-state index in [4.69, 9.17) is 0 Å². The number of nitrogens with one attached hydrogen (secondary N) is 2. The average Bonchev–Trinajstić information content (AvgIpc) is 2.73. The molecule has 0 aromatic carbocycles. The van der Waals surface area contributed by atoms with Crippen LogP contribution in [0.5, 0.6) is 0 Å². The zero-order chi connectivity index (χ0) is 12.6. The number of halogens is 1. The van der Waals surface area contributed by atoms with Gasteiger partial charge in [-0.1, -0.05) is 11.3 Å². The van der Waals surface area contributed by atoms with Gasteiger partial charge < -0.3 is 0 Å². The van der Waals surface area contributed by atoms with Crippen LogP contribution in [0.4, 0.5) is 5.13 Å². The average molecular weight is 337 g/mol. The van der Waals surface area contributed by atoms with E-state index in [1.807, 2.05) is 0 Å². The van der Waals surface area contributed by atoms with Gasteiger partial charge in [0.2, 0.25) is 0 Å². The van der Waals surface area contributed by atoms with Crippen LogP contribution in [-0.4, -0.2) is 23.6 Å². The fourth-order valence-corrected chi connectivity index (χ4v) is 4.13. The molecule has 2 heterocycles. The number of H-pyrrole nitrogens is 1. The predicted octanol–water partition coefficient (Wildman–Crippen LogP) is 2.05. The number of rotatable bonds is 3. The molecule has 0 bridgehead atoms. The molecule has 6 nitrogen and oxygen atoms in total. The van der Waals surface area contributed by atoms with Crippen molar-refractivity contribution in [1.29, 1.82) is 0 Å². The second kappa shape index (κ2) is 4.39. The molecule has 0 atom stereocenters. The van der Waals surface area contributed by atoms with Crippen LogP contribution in [-0.2, 0) is 10.0 Å². The van der Waals surface area contributed by atoms with E-state index in [-0.39, 0.29) is 4.90 Å². The maximum absolute atomic E-state index is 12.1. The maximum Gasteiger partial charge on any atom is 0.267 e. The summed E-state index contributed by atoms with van der Waals surface area (Å²) < 4.78 is 27.4. The Hall–Kier alpha value is -0.930. The highest BCUT2D eigenvalue weighted by Gasteiger charge is 2.23. The summed E-state index contributed by atoms with van der Waals surface area (Å²) >= 11 is 4.43. The van der Waals surface area contributed by atoms with Crippen LogP contribution in [0.15, 0.2) is 14.9 Å². The second-order valence-corrected chi connectivity index (χ2v) is 7.37. The van der Waals surface area contributed by atoms with E-state index >= 15 is 0 Å². The van der Waals surface area contributed by atoms with E-state index in [0.717, 1.165) is 3.79 Å². The SMILES string of the molecule is Cc1n[nH]c(C)c1S(=O)(=O)Nc1ncc(Br)s1. The molecule has 0 saturated carbocycles. The molecular weight excluding hydrogens is 328 g/mol. The number of anilines is 1. The van der Waals surface area contributed by atoms with Crippen LogP contribution in [0.1, 0.15) is 11.4 Å². The topological polar surface area (TPSA) is 87.7 Å². The van der Waals surface area contributed by atoms with Crippen molar-refractivity contribution in [3.8, 4) is 0 Å². The van der Waals surface area contributed by atoms with Gasteiger partial charge in [0.15, 0.2) is 5.13 Å². The van der Waals surface area contributed by atoms with Crippen molar-refractivity contribution >= 4 is 42.4 Å². The lowest BCUT2D eigenvalue weighted by Gasteiger charge is -2.04. The number of sulfonamides is 1. The number of aryl methyl sites for hydroxylation is 2. The quantitative estimate of drug-likeness (QED) is 0.897. The first-order valence-corrected chi connectivity index (χ1v) is 7.65. The van der Waals surface area contributed by atoms with E-state index in [2.05, 4.69) is 35.8 Å². The monoisotopic (exact) mass is 336 g/mol. The number of aromatic amines is 1. The minimum absolute atomic E-state index is 0.170. The first kappa shape index (κ1) is 12.5. The van der Waals surface area contributed by atoms with Crippen molar-refractivity contribution in [3.63, 3.8) is 0 Å². The highest BCUT2D eigenvalue weighted by atomic mass is 79.9. The van der Waals surface area contributed by atoms with Gasteiger partial charge in [0, 0.05) is 0 Å². The molecule has 92 valence electrons. The third kappa shape index (κ3) is 2.50. The van der Waals surface area contributed by atoms with Crippen LogP contribution < -0.4 is 4.72 Å². The molecular formula is C8H9BrN4O2S2. The Labute approximate surface area is 111 Å². The molecule has 0 aliphatic carbocycles. The van der Waals surface area contributed by atoms with E-state index in [1.54, 1.807) is 13.8 Å². The molecule has 2 rings (SSSR count). The lowest BCUT2D eigenvalue weighted by Crippen LogP contribution is -2.14. The van der Waals surface area contributed by atoms with Gasteiger partial charge in [0.05, 0.1) is 21.4 Å². The molecule has 0 amide bonds. The molecule has 0 spiro atoms. The molecule has 0 fully saturated rings. The van der Waals surface area contributed by atoms with Crippen molar-refractivity contribution in [1.82, 2.24) is 15.2 Å². The number of thiazole rings is 1. The van der Waals surface area contributed by atoms with Crippen molar-refractivity contribution in [2.75, 3.05) is 4.72 Å². The minimum Gasteiger partial charge on any atom is -0.281 e. The summed E-state index contributed by atoms with van der Waals surface area (Å²) in [7, 11) is -3.63. The first-order chi connectivity index (χ1) is 7.90. The van der Waals surface area contributed by atoms with E-state index in [9.17, 15) is 8.42 Å². The standard InChI is InChI=1S/C8H9BrN4O2S2/c1-4-7(5(2)12-11-4)17(14,15)13-8-10-3-6(9)16-8/h3H,1-2H3,(H,10,13)(H,11,12). The Bertz CT molecular complexity index is 627. The van der Waals surface area contributed by atoms with Crippen molar-refractivity contribution in [3.05, 3.63) is 21.4 Å². The first-order valence-electron chi connectivity index (χ1n) is 4.56. The van der Waals surface area contributed by atoms with Crippen LogP contribution in [0.2, 0.25) is 0 Å². The highest BCUT2D eigenvalue weighted by molar-refractivity contribution is 9.11. The van der Waals surface area contributed by atoms with Crippen LogP contribution in [0.25, 0.3) is 0 Å². The molecule has 0 aliphatic heterocycles. The fourth-order valence-electron chi connectivity index (χ4n) is 1.40. The Morgan fingerprint density at radius 2 is 2.18 bits per heavy atom. The van der Waals surface area contributed by atoms with Gasteiger partial charge in [-0.25, -0.2) is 13.4 Å². The maximum atomic E-state index is 12.1.